The number of aromatic nitrogens is 1. The van der Waals surface area contributed by atoms with Gasteiger partial charge >= 0.3 is 5.97 Å². The summed E-state index contributed by atoms with van der Waals surface area (Å²) >= 11 is 0. The summed E-state index contributed by atoms with van der Waals surface area (Å²) in [7, 11) is 0. The van der Waals surface area contributed by atoms with Crippen LogP contribution in [0.4, 0.5) is 8.78 Å². The molecule has 0 aliphatic rings. The topological polar surface area (TPSA) is 90.7 Å². The molecule has 0 aromatic carbocycles. The van der Waals surface area contributed by atoms with Gasteiger partial charge in [0.25, 0.3) is 6.43 Å². The average molecular weight is 219 g/mol. The number of rotatable bonds is 3. The van der Waals surface area contributed by atoms with Crippen LogP contribution in [0.2, 0.25) is 0 Å². The minimum atomic E-state index is -3.10. The fourth-order valence-electron chi connectivity index (χ4n) is 1.03. The van der Waals surface area contributed by atoms with Crippen molar-refractivity contribution in [2.24, 2.45) is 0 Å². The van der Waals surface area contributed by atoms with Gasteiger partial charge in [-0.15, -0.1) is 0 Å². The van der Waals surface area contributed by atoms with Crippen molar-refractivity contribution in [2.45, 2.75) is 12.8 Å². The van der Waals surface area contributed by atoms with E-state index in [1.165, 1.54) is 0 Å². The predicted molar refractivity (Wildman–Crippen MR) is 43.9 cm³/mol. The van der Waals surface area contributed by atoms with Gasteiger partial charge in [0.2, 0.25) is 0 Å². The molecule has 15 heavy (non-hydrogen) atoms. The van der Waals surface area contributed by atoms with Crippen LogP contribution in [0.25, 0.3) is 0 Å². The molecular formula is C8H7F2NO4. The Hall–Kier alpha value is -1.92. The number of carboxylic acids is 1. The smallest absolute Gasteiger partial charge is 0.309 e. The molecule has 1 rings (SSSR count). The molecule has 0 bridgehead atoms. The van der Waals surface area contributed by atoms with Gasteiger partial charge in [0, 0.05) is 0 Å². The molecule has 0 unspecified atom stereocenters. The second-order valence-electron chi connectivity index (χ2n) is 2.72. The number of aliphatic carboxylic acids is 1. The highest BCUT2D eigenvalue weighted by Gasteiger charge is 2.22. The Morgan fingerprint density at radius 1 is 1.47 bits per heavy atom. The normalized spacial score (nSPS) is 10.6. The molecule has 1 heterocycles. The summed E-state index contributed by atoms with van der Waals surface area (Å²) in [5, 5.41) is 26.6. The number of hydrogen-bond donors (Lipinski definition) is 3. The molecule has 0 aliphatic heterocycles. The summed E-state index contributed by atoms with van der Waals surface area (Å²) in [4.78, 5) is 13.6. The van der Waals surface area contributed by atoms with Crippen molar-refractivity contribution >= 4 is 5.97 Å². The van der Waals surface area contributed by atoms with Crippen LogP contribution in [0, 0.1) is 0 Å². The van der Waals surface area contributed by atoms with E-state index in [0.29, 0.717) is 6.20 Å². The highest BCUT2D eigenvalue weighted by molar-refractivity contribution is 5.71. The van der Waals surface area contributed by atoms with Crippen LogP contribution >= 0.6 is 0 Å². The van der Waals surface area contributed by atoms with Gasteiger partial charge in [-0.1, -0.05) is 0 Å². The molecule has 1 aromatic rings. The minimum absolute atomic E-state index is 0.407. The SMILES string of the molecule is O=C(O)Cc1ncc(O)c(C(F)F)c1O. The summed E-state index contributed by atoms with van der Waals surface area (Å²) < 4.78 is 24.6. The van der Waals surface area contributed by atoms with Gasteiger partial charge in [-0.3, -0.25) is 9.78 Å². The molecule has 5 nitrogen and oxygen atoms in total. The lowest BCUT2D eigenvalue weighted by atomic mass is 10.1. The van der Waals surface area contributed by atoms with Crippen molar-refractivity contribution in [3.63, 3.8) is 0 Å². The van der Waals surface area contributed by atoms with Crippen LogP contribution in [0.15, 0.2) is 6.20 Å². The standard InChI is InChI=1S/C8H7F2NO4/c9-8(10)6-4(12)2-11-3(7(6)15)1-5(13)14/h2,8,12,15H,1H2,(H,13,14). The van der Waals surface area contributed by atoms with Crippen LogP contribution in [0.3, 0.4) is 0 Å². The second kappa shape index (κ2) is 4.07. The monoisotopic (exact) mass is 219 g/mol. The molecule has 0 radical (unpaired) electrons. The lowest BCUT2D eigenvalue weighted by Crippen LogP contribution is -2.04. The van der Waals surface area contributed by atoms with Crippen molar-refractivity contribution in [2.75, 3.05) is 0 Å². The maximum atomic E-state index is 12.3. The largest absolute Gasteiger partial charge is 0.506 e. The number of alkyl halides is 2. The first-order valence-electron chi connectivity index (χ1n) is 3.83. The van der Waals surface area contributed by atoms with E-state index in [2.05, 4.69) is 4.98 Å². The van der Waals surface area contributed by atoms with Gasteiger partial charge in [-0.05, 0) is 0 Å². The fourth-order valence-corrected chi connectivity index (χ4v) is 1.03. The number of halogens is 2. The van der Waals surface area contributed by atoms with Crippen molar-refractivity contribution in [3.8, 4) is 11.5 Å². The summed E-state index contributed by atoms with van der Waals surface area (Å²) in [6.07, 6.45) is -3.11. The zero-order valence-corrected chi connectivity index (χ0v) is 7.31. The number of hydrogen-bond acceptors (Lipinski definition) is 4. The fraction of sp³-hybridized carbons (Fsp3) is 0.250. The number of nitrogens with zero attached hydrogens (tertiary/aromatic N) is 1. The van der Waals surface area contributed by atoms with Gasteiger partial charge in [0.05, 0.1) is 18.3 Å². The first-order chi connectivity index (χ1) is 6.93. The third-order valence-electron chi connectivity index (χ3n) is 1.68. The Morgan fingerprint density at radius 3 is 2.53 bits per heavy atom. The molecule has 0 saturated carbocycles. The van der Waals surface area contributed by atoms with E-state index in [1.807, 2.05) is 0 Å². The van der Waals surface area contributed by atoms with Gasteiger partial charge in [0.1, 0.15) is 17.1 Å². The van der Waals surface area contributed by atoms with Crippen LogP contribution in [0.1, 0.15) is 17.7 Å². The molecule has 0 aliphatic carbocycles. The summed E-state index contributed by atoms with van der Waals surface area (Å²) in [5.74, 6) is -3.16. The van der Waals surface area contributed by atoms with Gasteiger partial charge in [-0.25, -0.2) is 8.78 Å². The van der Waals surface area contributed by atoms with Crippen LogP contribution < -0.4 is 0 Å². The van der Waals surface area contributed by atoms with Gasteiger partial charge in [-0.2, -0.15) is 0 Å². The highest BCUT2D eigenvalue weighted by Crippen LogP contribution is 2.36. The first-order valence-corrected chi connectivity index (χ1v) is 3.83. The minimum Gasteiger partial charge on any atom is -0.506 e. The van der Waals surface area contributed by atoms with Crippen molar-refractivity contribution in [3.05, 3.63) is 17.5 Å². The maximum Gasteiger partial charge on any atom is 0.309 e. The first kappa shape index (κ1) is 11.2. The molecule has 0 atom stereocenters. The highest BCUT2D eigenvalue weighted by atomic mass is 19.3. The Bertz CT molecular complexity index is 394. The maximum absolute atomic E-state index is 12.3. The number of pyridine rings is 1. The number of carboxylic acid groups (broad SMARTS) is 1. The van der Waals surface area contributed by atoms with E-state index in [1.54, 1.807) is 0 Å². The summed E-state index contributed by atoms with van der Waals surface area (Å²) in [6, 6.07) is 0. The van der Waals surface area contributed by atoms with E-state index in [9.17, 15) is 18.7 Å². The Morgan fingerprint density at radius 2 is 2.07 bits per heavy atom. The number of aromatic hydroxyl groups is 2. The lowest BCUT2D eigenvalue weighted by molar-refractivity contribution is -0.136. The van der Waals surface area contributed by atoms with E-state index in [-0.39, 0.29) is 0 Å². The van der Waals surface area contributed by atoms with E-state index < -0.39 is 41.6 Å². The molecule has 82 valence electrons. The third kappa shape index (κ3) is 2.30. The molecule has 0 fully saturated rings. The molecule has 3 N–H and O–H groups in total. The lowest BCUT2D eigenvalue weighted by Gasteiger charge is -2.08. The second-order valence-corrected chi connectivity index (χ2v) is 2.72. The molecular weight excluding hydrogens is 212 g/mol. The molecule has 1 aromatic heterocycles. The summed E-state index contributed by atoms with van der Waals surface area (Å²) in [6.45, 7) is 0. The van der Waals surface area contributed by atoms with Crippen molar-refractivity contribution < 1.29 is 28.9 Å². The molecule has 0 spiro atoms. The summed E-state index contributed by atoms with van der Waals surface area (Å²) in [5.41, 5.74) is -1.41. The van der Waals surface area contributed by atoms with Crippen LogP contribution in [0.5, 0.6) is 11.5 Å². The van der Waals surface area contributed by atoms with Crippen molar-refractivity contribution in [1.29, 1.82) is 0 Å². The Labute approximate surface area is 82.6 Å². The van der Waals surface area contributed by atoms with Crippen LogP contribution in [-0.2, 0) is 11.2 Å². The van der Waals surface area contributed by atoms with E-state index in [4.69, 9.17) is 10.2 Å². The Balaban J connectivity index is 3.22. The molecule has 7 heteroatoms. The van der Waals surface area contributed by atoms with Gasteiger partial charge < -0.3 is 15.3 Å². The van der Waals surface area contributed by atoms with Crippen LogP contribution in [-0.4, -0.2) is 26.3 Å². The molecule has 0 saturated heterocycles. The molecule has 0 amide bonds. The van der Waals surface area contributed by atoms with Gasteiger partial charge in [0.15, 0.2) is 0 Å². The average Bonchev–Trinajstić information content (AvgIpc) is 2.09. The Kier molecular flexibility index (Phi) is 3.03. The zero-order chi connectivity index (χ0) is 11.6. The third-order valence-corrected chi connectivity index (χ3v) is 1.68. The predicted octanol–water partition coefficient (Wildman–Crippen LogP) is 1.06. The van der Waals surface area contributed by atoms with Crippen molar-refractivity contribution in [1.82, 2.24) is 4.98 Å². The van der Waals surface area contributed by atoms with E-state index in [0.717, 1.165) is 0 Å². The zero-order valence-electron chi connectivity index (χ0n) is 7.31. The quantitative estimate of drug-likeness (QED) is 0.707. The van der Waals surface area contributed by atoms with E-state index >= 15 is 0 Å². The number of carbonyl (C=O) groups is 1.